The molecule has 28 heavy (non-hydrogen) atoms. The highest BCUT2D eigenvalue weighted by atomic mass is 32.2. The maximum atomic E-state index is 12.5. The first kappa shape index (κ1) is 21.9. The second-order valence-electron chi connectivity index (χ2n) is 6.36. The van der Waals surface area contributed by atoms with Gasteiger partial charge in [0.2, 0.25) is 5.91 Å². The maximum absolute atomic E-state index is 12.5. The van der Waals surface area contributed by atoms with Crippen molar-refractivity contribution in [2.24, 2.45) is 0 Å². The number of carboxylic acid groups (broad SMARTS) is 1. The molecule has 1 aromatic rings. The Morgan fingerprint density at radius 1 is 1.25 bits per heavy atom. The molecule has 0 saturated carbocycles. The number of phenols is 1. The zero-order valence-electron chi connectivity index (χ0n) is 15.4. The minimum atomic E-state index is -1.07. The Balaban J connectivity index is 1.76. The van der Waals surface area contributed by atoms with E-state index in [1.54, 1.807) is 35.2 Å². The van der Waals surface area contributed by atoms with Gasteiger partial charge in [0.25, 0.3) is 5.91 Å². The number of hydrogen-bond donors (Lipinski definition) is 3. The molecule has 1 heterocycles. The first-order valence-electron chi connectivity index (χ1n) is 8.84. The monoisotopic (exact) mass is 422 g/mol. The average Bonchev–Trinajstić information content (AvgIpc) is 2.90. The lowest BCUT2D eigenvalue weighted by atomic mass is 10.1. The van der Waals surface area contributed by atoms with Gasteiger partial charge in [-0.3, -0.25) is 19.3 Å². The van der Waals surface area contributed by atoms with Crippen LogP contribution in [0.1, 0.15) is 38.2 Å². The molecule has 0 aliphatic carbocycles. The van der Waals surface area contributed by atoms with Crippen LogP contribution in [0.4, 0.5) is 0 Å². The molecule has 2 rings (SSSR count). The zero-order chi connectivity index (χ0) is 20.7. The SMILES string of the molecule is CC(NC(=O)CCCCCN1C(=O)/C(=C/c2ccc(O)cc2)SC1=S)C(=O)O. The van der Waals surface area contributed by atoms with Gasteiger partial charge in [-0.25, -0.2) is 0 Å². The molecule has 1 fully saturated rings. The van der Waals surface area contributed by atoms with Crippen molar-refractivity contribution in [1.29, 1.82) is 0 Å². The van der Waals surface area contributed by atoms with Crippen molar-refractivity contribution in [1.82, 2.24) is 10.2 Å². The lowest BCUT2D eigenvalue weighted by Gasteiger charge is -2.14. The van der Waals surface area contributed by atoms with Crippen LogP contribution >= 0.6 is 24.0 Å². The van der Waals surface area contributed by atoms with E-state index in [9.17, 15) is 19.5 Å². The van der Waals surface area contributed by atoms with Crippen LogP contribution in [0.25, 0.3) is 6.08 Å². The van der Waals surface area contributed by atoms with Crippen molar-refractivity contribution >= 4 is 52.2 Å². The van der Waals surface area contributed by atoms with Crippen LogP contribution in [0.5, 0.6) is 5.75 Å². The number of unbranched alkanes of at least 4 members (excludes halogenated alkanes) is 2. The summed E-state index contributed by atoms with van der Waals surface area (Å²) in [4.78, 5) is 36.9. The van der Waals surface area contributed by atoms with Crippen LogP contribution in [-0.2, 0) is 14.4 Å². The molecule has 2 amide bonds. The summed E-state index contributed by atoms with van der Waals surface area (Å²) < 4.78 is 0.503. The van der Waals surface area contributed by atoms with E-state index in [0.717, 1.165) is 12.0 Å². The van der Waals surface area contributed by atoms with Crippen molar-refractivity contribution in [3.8, 4) is 5.75 Å². The highest BCUT2D eigenvalue weighted by Gasteiger charge is 2.31. The topological polar surface area (TPSA) is 107 Å². The summed E-state index contributed by atoms with van der Waals surface area (Å²) in [5, 5.41) is 20.5. The van der Waals surface area contributed by atoms with E-state index in [0.29, 0.717) is 28.6 Å². The predicted molar refractivity (Wildman–Crippen MR) is 112 cm³/mol. The molecule has 0 bridgehead atoms. The van der Waals surface area contributed by atoms with E-state index in [1.807, 2.05) is 0 Å². The van der Waals surface area contributed by atoms with Crippen LogP contribution in [0.15, 0.2) is 29.2 Å². The third kappa shape index (κ3) is 6.35. The van der Waals surface area contributed by atoms with Gasteiger partial charge in [0.15, 0.2) is 0 Å². The molecule has 0 radical (unpaired) electrons. The third-order valence-corrected chi connectivity index (χ3v) is 5.48. The number of thiocarbonyl (C=S) groups is 1. The van der Waals surface area contributed by atoms with Crippen LogP contribution in [0.3, 0.4) is 0 Å². The molecule has 1 unspecified atom stereocenters. The number of amides is 2. The van der Waals surface area contributed by atoms with E-state index >= 15 is 0 Å². The van der Waals surface area contributed by atoms with Gasteiger partial charge in [-0.15, -0.1) is 0 Å². The van der Waals surface area contributed by atoms with Gasteiger partial charge < -0.3 is 15.5 Å². The smallest absolute Gasteiger partial charge is 0.325 e. The Bertz CT molecular complexity index is 792. The first-order valence-corrected chi connectivity index (χ1v) is 10.1. The first-order chi connectivity index (χ1) is 13.3. The number of carboxylic acids is 1. The van der Waals surface area contributed by atoms with Crippen molar-refractivity contribution < 1.29 is 24.6 Å². The Morgan fingerprint density at radius 2 is 1.93 bits per heavy atom. The normalized spacial score (nSPS) is 16.5. The Labute approximate surface area is 172 Å². The number of carbonyl (C=O) groups is 3. The number of nitrogens with one attached hydrogen (secondary N) is 1. The lowest BCUT2D eigenvalue weighted by molar-refractivity contribution is -0.141. The molecule has 9 heteroatoms. The molecule has 1 aliphatic heterocycles. The van der Waals surface area contributed by atoms with E-state index in [4.69, 9.17) is 17.3 Å². The van der Waals surface area contributed by atoms with Gasteiger partial charge in [0, 0.05) is 13.0 Å². The second-order valence-corrected chi connectivity index (χ2v) is 8.04. The number of carbonyl (C=O) groups excluding carboxylic acids is 2. The minimum absolute atomic E-state index is 0.142. The summed E-state index contributed by atoms with van der Waals surface area (Å²) in [5.41, 5.74) is 0.805. The largest absolute Gasteiger partial charge is 0.508 e. The summed E-state index contributed by atoms with van der Waals surface area (Å²) in [6.45, 7) is 1.89. The fraction of sp³-hybridized carbons (Fsp3) is 0.368. The third-order valence-electron chi connectivity index (χ3n) is 4.10. The Kier molecular flexibility index (Phi) is 8.01. The number of nitrogens with zero attached hydrogens (tertiary/aromatic N) is 1. The molecule has 150 valence electrons. The Hall–Kier alpha value is -2.39. The molecule has 0 aromatic heterocycles. The van der Waals surface area contributed by atoms with Gasteiger partial charge in [0.05, 0.1) is 4.91 Å². The van der Waals surface area contributed by atoms with Gasteiger partial charge in [0.1, 0.15) is 16.1 Å². The summed E-state index contributed by atoms with van der Waals surface area (Å²) in [6.07, 6.45) is 4.02. The number of aromatic hydroxyl groups is 1. The van der Waals surface area contributed by atoms with Gasteiger partial charge in [-0.05, 0) is 43.5 Å². The van der Waals surface area contributed by atoms with Crippen molar-refractivity contribution in [3.05, 3.63) is 34.7 Å². The summed E-state index contributed by atoms with van der Waals surface area (Å²) in [6, 6.07) is 5.65. The highest BCUT2D eigenvalue weighted by molar-refractivity contribution is 8.26. The number of hydrogen-bond acceptors (Lipinski definition) is 6. The average molecular weight is 423 g/mol. The number of thioether (sulfide) groups is 1. The quantitative estimate of drug-likeness (QED) is 0.319. The zero-order valence-corrected chi connectivity index (χ0v) is 17.0. The lowest BCUT2D eigenvalue weighted by Crippen LogP contribution is -2.38. The van der Waals surface area contributed by atoms with Crippen LogP contribution in [-0.4, -0.2) is 49.8 Å². The molecule has 0 spiro atoms. The summed E-state index contributed by atoms with van der Waals surface area (Å²) in [5.74, 6) is -1.34. The number of aliphatic carboxylic acids is 1. The molecule has 7 nitrogen and oxygen atoms in total. The standard InChI is InChI=1S/C19H22N2O5S2/c1-12(18(25)26)20-16(23)5-3-2-4-10-21-17(24)15(28-19(21)27)11-13-6-8-14(22)9-7-13/h6-9,11-12,22H,2-5,10H2,1H3,(H,20,23)(H,25,26)/b15-11-. The van der Waals surface area contributed by atoms with E-state index in [2.05, 4.69) is 5.32 Å². The molecule has 3 N–H and O–H groups in total. The van der Waals surface area contributed by atoms with E-state index in [-0.39, 0.29) is 24.0 Å². The maximum Gasteiger partial charge on any atom is 0.325 e. The summed E-state index contributed by atoms with van der Waals surface area (Å²) in [7, 11) is 0. The van der Waals surface area contributed by atoms with Crippen LogP contribution < -0.4 is 5.32 Å². The fourth-order valence-electron chi connectivity index (χ4n) is 2.52. The molecular weight excluding hydrogens is 400 g/mol. The predicted octanol–water partition coefficient (Wildman–Crippen LogP) is 2.74. The number of phenolic OH excluding ortho intramolecular Hbond substituents is 1. The van der Waals surface area contributed by atoms with Gasteiger partial charge in [-0.1, -0.05) is 42.5 Å². The minimum Gasteiger partial charge on any atom is -0.508 e. The van der Waals surface area contributed by atoms with Gasteiger partial charge >= 0.3 is 5.97 Å². The van der Waals surface area contributed by atoms with E-state index < -0.39 is 12.0 Å². The van der Waals surface area contributed by atoms with E-state index in [1.165, 1.54) is 18.7 Å². The molecule has 1 atom stereocenters. The summed E-state index contributed by atoms with van der Waals surface area (Å²) >= 11 is 6.54. The van der Waals surface area contributed by atoms with Crippen LogP contribution in [0, 0.1) is 0 Å². The molecule has 1 saturated heterocycles. The molecule has 1 aliphatic rings. The van der Waals surface area contributed by atoms with Crippen molar-refractivity contribution in [3.63, 3.8) is 0 Å². The highest BCUT2D eigenvalue weighted by Crippen LogP contribution is 2.33. The fourth-order valence-corrected chi connectivity index (χ4v) is 3.83. The second kappa shape index (κ2) is 10.2. The van der Waals surface area contributed by atoms with Crippen LogP contribution in [0.2, 0.25) is 0 Å². The molecule has 1 aromatic carbocycles. The molecular formula is C19H22N2O5S2. The Morgan fingerprint density at radius 3 is 2.57 bits per heavy atom. The van der Waals surface area contributed by atoms with Gasteiger partial charge in [-0.2, -0.15) is 0 Å². The number of benzene rings is 1. The van der Waals surface area contributed by atoms with Crippen molar-refractivity contribution in [2.75, 3.05) is 6.54 Å². The number of rotatable bonds is 9. The van der Waals surface area contributed by atoms with Crippen molar-refractivity contribution in [2.45, 2.75) is 38.6 Å².